The van der Waals surface area contributed by atoms with E-state index >= 15 is 0 Å². The van der Waals surface area contributed by atoms with Gasteiger partial charge in [-0.05, 0) is 0 Å². The van der Waals surface area contributed by atoms with Crippen molar-refractivity contribution >= 4 is 6.29 Å². The molecule has 0 N–H and O–H groups in total. The van der Waals surface area contributed by atoms with Crippen molar-refractivity contribution in [2.45, 2.75) is 6.42 Å². The van der Waals surface area contributed by atoms with E-state index in [-0.39, 0.29) is 0 Å². The Labute approximate surface area is 50.7 Å². The van der Waals surface area contributed by atoms with Crippen molar-refractivity contribution in [1.29, 1.82) is 0 Å². The van der Waals surface area contributed by atoms with Gasteiger partial charge in [-0.2, -0.15) is 0 Å². The maximum atomic E-state index is 9.72. The molecule has 0 unspecified atom stereocenters. The van der Waals surface area contributed by atoms with E-state index in [1.165, 1.54) is 0 Å². The van der Waals surface area contributed by atoms with Gasteiger partial charge in [-0.1, -0.05) is 0 Å². The fourth-order valence-electron chi connectivity index (χ4n) is 0.381. The first-order chi connectivity index (χ1) is 3.56. The zero-order valence-electron chi connectivity index (χ0n) is 5.77. The SMILES string of the molecule is C[N+](C)(C)CC[C]=O. The van der Waals surface area contributed by atoms with E-state index < -0.39 is 0 Å². The number of carbonyl (C=O) groups excluding carboxylic acids is 1. The summed E-state index contributed by atoms with van der Waals surface area (Å²) < 4.78 is 0.842. The molecule has 47 valence electrons. The summed E-state index contributed by atoms with van der Waals surface area (Å²) in [6.07, 6.45) is 2.40. The maximum absolute atomic E-state index is 9.72. The van der Waals surface area contributed by atoms with Gasteiger partial charge in [0, 0.05) is 0 Å². The molecule has 0 amide bonds. The highest BCUT2D eigenvalue weighted by atomic mass is 16.1. The van der Waals surface area contributed by atoms with Gasteiger partial charge in [0.15, 0.2) is 0 Å². The van der Waals surface area contributed by atoms with Gasteiger partial charge in [-0.3, -0.25) is 4.79 Å². The minimum Gasteiger partial charge on any atom is -0.331 e. The van der Waals surface area contributed by atoms with Crippen LogP contribution in [0.4, 0.5) is 0 Å². The molecule has 0 aromatic carbocycles. The lowest BCUT2D eigenvalue weighted by Crippen LogP contribution is -2.35. The lowest BCUT2D eigenvalue weighted by Gasteiger charge is -2.21. The smallest absolute Gasteiger partial charge is 0.204 e. The largest absolute Gasteiger partial charge is 0.331 e. The molecule has 8 heavy (non-hydrogen) atoms. The Morgan fingerprint density at radius 3 is 2.00 bits per heavy atom. The Balaban J connectivity index is 3.24. The number of hydrogen-bond acceptors (Lipinski definition) is 1. The quantitative estimate of drug-likeness (QED) is 0.480. The molecule has 0 bridgehead atoms. The summed E-state index contributed by atoms with van der Waals surface area (Å²) >= 11 is 0. The Morgan fingerprint density at radius 1 is 1.38 bits per heavy atom. The second kappa shape index (κ2) is 2.82. The summed E-state index contributed by atoms with van der Waals surface area (Å²) in [5, 5.41) is 0. The van der Waals surface area contributed by atoms with Crippen molar-refractivity contribution in [1.82, 2.24) is 0 Å². The zero-order chi connectivity index (χ0) is 6.62. The molecule has 0 aliphatic heterocycles. The van der Waals surface area contributed by atoms with Gasteiger partial charge in [-0.25, -0.2) is 0 Å². The summed E-state index contributed by atoms with van der Waals surface area (Å²) in [7, 11) is 6.16. The van der Waals surface area contributed by atoms with Crippen LogP contribution in [-0.2, 0) is 4.79 Å². The first kappa shape index (κ1) is 7.63. The number of quaternary nitrogens is 1. The van der Waals surface area contributed by atoms with Crippen LogP contribution in [0.3, 0.4) is 0 Å². The predicted octanol–water partition coefficient (Wildman–Crippen LogP) is 0.192. The summed E-state index contributed by atoms with van der Waals surface area (Å²) in [6.45, 7) is 0.878. The highest BCUT2D eigenvalue weighted by Crippen LogP contribution is 1.89. The highest BCUT2D eigenvalue weighted by Gasteiger charge is 2.03. The van der Waals surface area contributed by atoms with E-state index in [0.29, 0.717) is 6.42 Å². The van der Waals surface area contributed by atoms with Crippen molar-refractivity contribution in [3.05, 3.63) is 0 Å². The van der Waals surface area contributed by atoms with Crippen molar-refractivity contribution in [3.8, 4) is 0 Å². The lowest BCUT2D eigenvalue weighted by molar-refractivity contribution is -0.869. The molecule has 2 heteroatoms. The average molecular weight is 115 g/mol. The van der Waals surface area contributed by atoms with Crippen LogP contribution in [0.2, 0.25) is 0 Å². The minimum atomic E-state index is 0.545. The maximum Gasteiger partial charge on any atom is 0.204 e. The van der Waals surface area contributed by atoms with Crippen molar-refractivity contribution in [3.63, 3.8) is 0 Å². The normalized spacial score (nSPS) is 11.4. The minimum absolute atomic E-state index is 0.545. The Morgan fingerprint density at radius 2 is 1.88 bits per heavy atom. The second-order valence-corrected chi connectivity index (χ2v) is 2.91. The summed E-state index contributed by atoms with van der Waals surface area (Å²) in [4.78, 5) is 9.72. The molecule has 0 aromatic rings. The third-order valence-corrected chi connectivity index (χ3v) is 0.885. The van der Waals surface area contributed by atoms with Gasteiger partial charge in [-0.15, -0.1) is 0 Å². The zero-order valence-corrected chi connectivity index (χ0v) is 5.77. The lowest BCUT2D eigenvalue weighted by atomic mass is 10.4. The predicted molar refractivity (Wildman–Crippen MR) is 33.2 cm³/mol. The third-order valence-electron chi connectivity index (χ3n) is 0.885. The molecule has 0 atom stereocenters. The molecule has 0 saturated heterocycles. The van der Waals surface area contributed by atoms with E-state index in [4.69, 9.17) is 0 Å². The number of nitrogens with zero attached hydrogens (tertiary/aromatic N) is 1. The van der Waals surface area contributed by atoms with Crippen molar-refractivity contribution < 1.29 is 9.28 Å². The van der Waals surface area contributed by atoms with Gasteiger partial charge in [0.1, 0.15) is 0 Å². The average Bonchev–Trinajstić information content (AvgIpc) is 1.59. The van der Waals surface area contributed by atoms with Crippen LogP contribution in [0.1, 0.15) is 6.42 Å². The van der Waals surface area contributed by atoms with Crippen LogP contribution < -0.4 is 0 Å². The van der Waals surface area contributed by atoms with Gasteiger partial charge < -0.3 is 4.48 Å². The van der Waals surface area contributed by atoms with Crippen LogP contribution in [0, 0.1) is 0 Å². The molecule has 0 aliphatic carbocycles. The topological polar surface area (TPSA) is 17.1 Å². The Kier molecular flexibility index (Phi) is 2.69. The summed E-state index contributed by atoms with van der Waals surface area (Å²) in [6, 6.07) is 0. The third kappa shape index (κ3) is 5.63. The molecular formula is C6H13NO+. The number of hydrogen-bond donors (Lipinski definition) is 0. The van der Waals surface area contributed by atoms with E-state index in [1.54, 1.807) is 0 Å². The first-order valence-electron chi connectivity index (χ1n) is 2.72. The fourth-order valence-corrected chi connectivity index (χ4v) is 0.381. The molecule has 0 spiro atoms. The van der Waals surface area contributed by atoms with E-state index in [2.05, 4.69) is 21.1 Å². The van der Waals surface area contributed by atoms with E-state index in [9.17, 15) is 4.79 Å². The van der Waals surface area contributed by atoms with Crippen molar-refractivity contribution in [2.75, 3.05) is 27.7 Å². The van der Waals surface area contributed by atoms with E-state index in [0.717, 1.165) is 11.0 Å². The fraction of sp³-hybridized carbons (Fsp3) is 0.833. The molecule has 2 nitrogen and oxygen atoms in total. The van der Waals surface area contributed by atoms with Crippen LogP contribution >= 0.6 is 0 Å². The summed E-state index contributed by atoms with van der Waals surface area (Å²) in [5.41, 5.74) is 0. The monoisotopic (exact) mass is 115 g/mol. The van der Waals surface area contributed by atoms with Crippen LogP contribution in [0.15, 0.2) is 0 Å². The molecular weight excluding hydrogens is 102 g/mol. The standard InChI is InChI=1S/C6H13NO/c1-7(2,3)5-4-6-8/h4-5H2,1-3H3/q+1. The van der Waals surface area contributed by atoms with Gasteiger partial charge in [0.05, 0.1) is 34.1 Å². The molecule has 0 aromatic heterocycles. The van der Waals surface area contributed by atoms with Crippen LogP contribution in [0.25, 0.3) is 0 Å². The van der Waals surface area contributed by atoms with Gasteiger partial charge in [0.25, 0.3) is 0 Å². The van der Waals surface area contributed by atoms with Crippen LogP contribution in [-0.4, -0.2) is 38.5 Å². The van der Waals surface area contributed by atoms with Gasteiger partial charge in [0.2, 0.25) is 6.29 Å². The molecule has 0 rings (SSSR count). The van der Waals surface area contributed by atoms with Crippen LogP contribution in [0.5, 0.6) is 0 Å². The Hall–Kier alpha value is -0.370. The summed E-state index contributed by atoms with van der Waals surface area (Å²) in [5.74, 6) is 0. The molecule has 0 heterocycles. The molecule has 0 aliphatic rings. The molecule has 0 saturated carbocycles. The van der Waals surface area contributed by atoms with Crippen molar-refractivity contribution in [2.24, 2.45) is 0 Å². The van der Waals surface area contributed by atoms with Gasteiger partial charge >= 0.3 is 0 Å². The Bertz CT molecular complexity index is 73.1. The first-order valence-corrected chi connectivity index (χ1v) is 2.72. The number of rotatable bonds is 3. The second-order valence-electron chi connectivity index (χ2n) is 2.91. The van der Waals surface area contributed by atoms with E-state index in [1.807, 2.05) is 6.29 Å². The highest BCUT2D eigenvalue weighted by molar-refractivity contribution is 5.50. The molecule has 1 radical (unpaired) electrons. The molecule has 0 fully saturated rings.